The lowest BCUT2D eigenvalue weighted by atomic mass is 9.90. The van der Waals surface area contributed by atoms with Gasteiger partial charge < -0.3 is 5.11 Å². The Morgan fingerprint density at radius 3 is 2.50 bits per heavy atom. The monoisotopic (exact) mass is 431 g/mol. The van der Waals surface area contributed by atoms with Gasteiger partial charge in [-0.25, -0.2) is 14.8 Å². The molecule has 0 bridgehead atoms. The van der Waals surface area contributed by atoms with Crippen molar-refractivity contribution < 1.29 is 9.90 Å². The van der Waals surface area contributed by atoms with Crippen LogP contribution in [0.3, 0.4) is 0 Å². The van der Waals surface area contributed by atoms with E-state index in [9.17, 15) is 4.79 Å². The van der Waals surface area contributed by atoms with Crippen molar-refractivity contribution in [1.82, 2.24) is 35.4 Å². The molecular weight excluding hydrogens is 406 g/mol. The van der Waals surface area contributed by atoms with Crippen molar-refractivity contribution in [1.29, 1.82) is 0 Å². The molecule has 0 aliphatic carbocycles. The molecule has 9 heteroatoms. The molecule has 0 saturated carbocycles. The maximum atomic E-state index is 11.1. The lowest BCUT2D eigenvalue weighted by molar-refractivity contribution is -0.137. The Bertz CT molecular complexity index is 1170. The summed E-state index contributed by atoms with van der Waals surface area (Å²) in [4.78, 5) is 15.5. The highest BCUT2D eigenvalue weighted by Gasteiger charge is 2.22. The van der Waals surface area contributed by atoms with Gasteiger partial charge in [0.05, 0.1) is 6.54 Å². The maximum Gasteiger partial charge on any atom is 0.303 e. The summed E-state index contributed by atoms with van der Waals surface area (Å²) in [5.41, 5.74) is 4.11. The third-order valence-corrected chi connectivity index (χ3v) is 5.58. The van der Waals surface area contributed by atoms with E-state index in [0.29, 0.717) is 18.8 Å². The molecule has 1 unspecified atom stereocenters. The molecule has 0 aliphatic rings. The molecule has 1 atom stereocenters. The van der Waals surface area contributed by atoms with Crippen molar-refractivity contribution >= 4 is 5.97 Å². The molecule has 32 heavy (non-hydrogen) atoms. The molecule has 0 aliphatic heterocycles. The first-order valence-corrected chi connectivity index (χ1v) is 10.5. The number of benzene rings is 2. The third kappa shape index (κ3) is 4.72. The van der Waals surface area contributed by atoms with E-state index in [-0.39, 0.29) is 18.3 Å². The fourth-order valence-electron chi connectivity index (χ4n) is 3.90. The fourth-order valence-corrected chi connectivity index (χ4v) is 3.90. The number of hydrogen-bond donors (Lipinski definition) is 2. The van der Waals surface area contributed by atoms with Crippen molar-refractivity contribution in [3.63, 3.8) is 0 Å². The first kappa shape index (κ1) is 21.4. The van der Waals surface area contributed by atoms with Crippen LogP contribution in [0.4, 0.5) is 0 Å². The quantitative estimate of drug-likeness (QED) is 0.413. The first-order chi connectivity index (χ1) is 15.5. The van der Waals surface area contributed by atoms with Gasteiger partial charge in [0.25, 0.3) is 0 Å². The highest BCUT2D eigenvalue weighted by molar-refractivity contribution is 5.80. The first-order valence-electron chi connectivity index (χ1n) is 10.5. The van der Waals surface area contributed by atoms with Crippen LogP contribution in [0.5, 0.6) is 0 Å². The number of aromatic nitrogens is 7. The van der Waals surface area contributed by atoms with E-state index < -0.39 is 5.97 Å². The highest BCUT2D eigenvalue weighted by Crippen LogP contribution is 2.31. The highest BCUT2D eigenvalue weighted by atomic mass is 16.4. The van der Waals surface area contributed by atoms with Gasteiger partial charge in [-0.1, -0.05) is 62.4 Å². The van der Waals surface area contributed by atoms with E-state index in [4.69, 9.17) is 5.11 Å². The van der Waals surface area contributed by atoms with E-state index >= 15 is 0 Å². The Hall–Kier alpha value is -3.88. The average Bonchev–Trinajstić information content (AvgIpc) is 3.47. The molecular formula is C23H25N7O2. The normalized spacial score (nSPS) is 12.2. The van der Waals surface area contributed by atoms with E-state index in [1.807, 2.05) is 28.9 Å². The molecule has 2 aromatic heterocycles. The number of rotatable bonds is 9. The molecule has 2 aromatic carbocycles. The molecule has 9 nitrogen and oxygen atoms in total. The summed E-state index contributed by atoms with van der Waals surface area (Å²) < 4.78 is 1.87. The fraction of sp³-hybridized carbons (Fsp3) is 0.304. The number of nitrogens with one attached hydrogen (secondary N) is 1. The lowest BCUT2D eigenvalue weighted by Crippen LogP contribution is -2.17. The minimum atomic E-state index is -0.793. The second-order valence-electron chi connectivity index (χ2n) is 8.05. The van der Waals surface area contributed by atoms with E-state index in [1.165, 1.54) is 0 Å². The van der Waals surface area contributed by atoms with Crippen molar-refractivity contribution in [3.8, 4) is 22.5 Å². The Kier molecular flexibility index (Phi) is 6.34. The van der Waals surface area contributed by atoms with Crippen LogP contribution >= 0.6 is 0 Å². The lowest BCUT2D eigenvalue weighted by Gasteiger charge is -2.20. The van der Waals surface area contributed by atoms with Gasteiger partial charge in [-0.15, -0.1) is 5.10 Å². The van der Waals surface area contributed by atoms with E-state index in [0.717, 1.165) is 28.1 Å². The van der Waals surface area contributed by atoms with Gasteiger partial charge >= 0.3 is 5.97 Å². The van der Waals surface area contributed by atoms with Gasteiger partial charge in [-0.3, -0.25) is 4.79 Å². The zero-order chi connectivity index (χ0) is 22.5. The number of nitrogens with zero attached hydrogens (tertiary/aromatic N) is 6. The van der Waals surface area contributed by atoms with E-state index in [1.54, 1.807) is 6.33 Å². The Morgan fingerprint density at radius 1 is 1.09 bits per heavy atom. The third-order valence-electron chi connectivity index (χ3n) is 5.58. The Labute approximate surface area is 185 Å². The molecule has 164 valence electrons. The van der Waals surface area contributed by atoms with Crippen molar-refractivity contribution in [2.45, 2.75) is 39.2 Å². The van der Waals surface area contributed by atoms with Crippen LogP contribution in [-0.4, -0.2) is 46.5 Å². The topological polar surface area (TPSA) is 122 Å². The molecule has 4 rings (SSSR count). The predicted octanol–water partition coefficient (Wildman–Crippen LogP) is 3.78. The average molecular weight is 432 g/mol. The molecule has 0 fully saturated rings. The van der Waals surface area contributed by atoms with Gasteiger partial charge in [0.2, 0.25) is 0 Å². The smallest absolute Gasteiger partial charge is 0.303 e. The summed E-state index contributed by atoms with van der Waals surface area (Å²) in [7, 11) is 0. The Balaban J connectivity index is 1.55. The van der Waals surface area contributed by atoms with Crippen LogP contribution in [-0.2, 0) is 11.3 Å². The molecule has 0 amide bonds. The molecule has 0 radical (unpaired) electrons. The maximum absolute atomic E-state index is 11.1. The van der Waals surface area contributed by atoms with Crippen LogP contribution in [0.1, 0.15) is 44.0 Å². The van der Waals surface area contributed by atoms with Crippen LogP contribution < -0.4 is 0 Å². The van der Waals surface area contributed by atoms with Crippen LogP contribution in [0.15, 0.2) is 54.9 Å². The van der Waals surface area contributed by atoms with Gasteiger partial charge in [0.15, 0.2) is 5.82 Å². The largest absolute Gasteiger partial charge is 0.481 e. The van der Waals surface area contributed by atoms with Crippen molar-refractivity contribution in [2.75, 3.05) is 0 Å². The summed E-state index contributed by atoms with van der Waals surface area (Å²) >= 11 is 0. The van der Waals surface area contributed by atoms with Gasteiger partial charge in [0, 0.05) is 17.9 Å². The number of hydrogen-bond acceptors (Lipinski definition) is 6. The minimum Gasteiger partial charge on any atom is -0.481 e. The molecule has 0 saturated heterocycles. The summed E-state index contributed by atoms with van der Waals surface area (Å²) in [6.07, 6.45) is 2.20. The molecule has 0 spiro atoms. The second kappa shape index (κ2) is 9.51. The number of H-pyrrole nitrogens is 1. The van der Waals surface area contributed by atoms with Crippen molar-refractivity contribution in [3.05, 3.63) is 66.2 Å². The number of aliphatic carboxylic acids is 1. The zero-order valence-electron chi connectivity index (χ0n) is 18.0. The number of tetrazole rings is 1. The number of aromatic amines is 1. The van der Waals surface area contributed by atoms with E-state index in [2.05, 4.69) is 68.8 Å². The molecule has 2 N–H and O–H groups in total. The minimum absolute atomic E-state index is 0.0373. The second-order valence-corrected chi connectivity index (χ2v) is 8.05. The Morgan fingerprint density at radius 2 is 1.84 bits per heavy atom. The summed E-state index contributed by atoms with van der Waals surface area (Å²) in [5.74, 6) is 0.960. The number of carboxylic acids is 1. The predicted molar refractivity (Wildman–Crippen MR) is 119 cm³/mol. The number of carbonyl (C=O) groups is 1. The zero-order valence-corrected chi connectivity index (χ0v) is 18.0. The van der Waals surface area contributed by atoms with Crippen molar-refractivity contribution in [2.24, 2.45) is 5.92 Å². The summed E-state index contributed by atoms with van der Waals surface area (Å²) in [6.45, 7) is 4.74. The molecule has 4 aromatic rings. The van der Waals surface area contributed by atoms with Crippen LogP contribution in [0, 0.1) is 5.92 Å². The van der Waals surface area contributed by atoms with Gasteiger partial charge in [0.1, 0.15) is 12.2 Å². The SMILES string of the molecule is CC(C)C(CCC(=O)O)c1ncnn1Cc1ccc(-c2ccccc2-c2nnn[nH]2)cc1. The van der Waals surface area contributed by atoms with Gasteiger partial charge in [-0.05, 0) is 39.5 Å². The van der Waals surface area contributed by atoms with Gasteiger partial charge in [-0.2, -0.15) is 5.10 Å². The van der Waals surface area contributed by atoms with Crippen LogP contribution in [0.25, 0.3) is 22.5 Å². The summed E-state index contributed by atoms with van der Waals surface area (Å²) in [5, 5.41) is 27.7. The number of carboxylic acid groups (broad SMARTS) is 1. The summed E-state index contributed by atoms with van der Waals surface area (Å²) in [6, 6.07) is 16.2. The molecule has 2 heterocycles. The van der Waals surface area contributed by atoms with Crippen LogP contribution in [0.2, 0.25) is 0 Å². The standard InChI is InChI=1S/C23H25N7O2/c1-15(2)18(11-12-21(31)32)23-24-14-25-30(23)13-16-7-9-17(10-8-16)19-5-3-4-6-20(19)22-26-28-29-27-22/h3-10,14-15,18H,11-13H2,1-2H3,(H,31,32)(H,26,27,28,29).